The number of nitrogens with two attached hydrogens (primary N) is 1. The first kappa shape index (κ1) is 19.1. The number of nitrogen functional groups attached to an aromatic ring is 1. The molecule has 144 valence electrons. The van der Waals surface area contributed by atoms with E-state index in [2.05, 4.69) is 31.0 Å². The number of amides is 1. The number of carbonyl (C=O) groups is 1. The van der Waals surface area contributed by atoms with Crippen molar-refractivity contribution in [3.8, 4) is 5.75 Å². The molecule has 5 nitrogen and oxygen atoms in total. The van der Waals surface area contributed by atoms with Crippen molar-refractivity contribution >= 4 is 23.0 Å². The molecule has 1 aliphatic rings. The van der Waals surface area contributed by atoms with Gasteiger partial charge in [-0.25, -0.2) is 0 Å². The molecule has 1 heterocycles. The van der Waals surface area contributed by atoms with Gasteiger partial charge in [0.15, 0.2) is 0 Å². The van der Waals surface area contributed by atoms with Crippen LogP contribution < -0.4 is 20.7 Å². The second-order valence-electron chi connectivity index (χ2n) is 7.42. The summed E-state index contributed by atoms with van der Waals surface area (Å²) in [5.41, 5.74) is 10.2. The first-order chi connectivity index (χ1) is 12.9. The summed E-state index contributed by atoms with van der Waals surface area (Å²) < 4.78 is 5.30. The zero-order valence-electron chi connectivity index (χ0n) is 16.6. The molecule has 3 rings (SSSR count). The average Bonchev–Trinajstić information content (AvgIpc) is 2.64. The number of ether oxygens (including phenoxy) is 1. The van der Waals surface area contributed by atoms with Crippen LogP contribution in [0.25, 0.3) is 0 Å². The molecular weight excluding hydrogens is 338 g/mol. The fraction of sp³-hybridized carbons (Fsp3) is 0.409. The fourth-order valence-corrected chi connectivity index (χ4v) is 4.02. The molecule has 27 heavy (non-hydrogen) atoms. The molecule has 1 fully saturated rings. The minimum absolute atomic E-state index is 0.228. The molecule has 2 aromatic rings. The number of anilines is 3. The van der Waals surface area contributed by atoms with Crippen LogP contribution >= 0.6 is 0 Å². The number of piperidine rings is 1. The van der Waals surface area contributed by atoms with Crippen LogP contribution in [0.4, 0.5) is 17.1 Å². The highest BCUT2D eigenvalue weighted by Gasteiger charge is 2.27. The molecule has 0 saturated carbocycles. The lowest BCUT2D eigenvalue weighted by Crippen LogP contribution is -2.44. The van der Waals surface area contributed by atoms with Crippen molar-refractivity contribution in [3.05, 3.63) is 47.5 Å². The molecule has 0 spiro atoms. The van der Waals surface area contributed by atoms with Gasteiger partial charge in [0.2, 0.25) is 0 Å². The molecule has 1 aliphatic heterocycles. The molecule has 1 saturated heterocycles. The lowest BCUT2D eigenvalue weighted by molar-refractivity contribution is 0.102. The molecular formula is C22H29N3O2. The van der Waals surface area contributed by atoms with E-state index in [1.807, 2.05) is 24.3 Å². The molecule has 1 amide bonds. The number of para-hydroxylation sites is 1. The Bertz CT molecular complexity index is 824. The van der Waals surface area contributed by atoms with Gasteiger partial charge in [0.25, 0.3) is 5.91 Å². The topological polar surface area (TPSA) is 67.6 Å². The Morgan fingerprint density at radius 1 is 1.19 bits per heavy atom. The maximum atomic E-state index is 12.8. The minimum Gasteiger partial charge on any atom is -0.496 e. The van der Waals surface area contributed by atoms with Crippen LogP contribution in [0.2, 0.25) is 0 Å². The van der Waals surface area contributed by atoms with Gasteiger partial charge in [0.05, 0.1) is 24.0 Å². The second-order valence-corrected chi connectivity index (χ2v) is 7.42. The van der Waals surface area contributed by atoms with Gasteiger partial charge in [0, 0.05) is 17.8 Å². The van der Waals surface area contributed by atoms with Crippen molar-refractivity contribution in [2.45, 2.75) is 52.1 Å². The van der Waals surface area contributed by atoms with E-state index >= 15 is 0 Å². The van der Waals surface area contributed by atoms with E-state index in [9.17, 15) is 4.79 Å². The summed E-state index contributed by atoms with van der Waals surface area (Å²) in [5, 5.41) is 2.97. The minimum atomic E-state index is -0.228. The van der Waals surface area contributed by atoms with Gasteiger partial charge in [0.1, 0.15) is 5.75 Å². The summed E-state index contributed by atoms with van der Waals surface area (Å²) >= 11 is 0. The monoisotopic (exact) mass is 367 g/mol. The lowest BCUT2D eigenvalue weighted by Gasteiger charge is -2.42. The third-order valence-corrected chi connectivity index (χ3v) is 5.44. The van der Waals surface area contributed by atoms with Gasteiger partial charge < -0.3 is 20.7 Å². The van der Waals surface area contributed by atoms with Crippen molar-refractivity contribution in [1.82, 2.24) is 0 Å². The third kappa shape index (κ3) is 3.87. The van der Waals surface area contributed by atoms with Crippen molar-refractivity contribution in [3.63, 3.8) is 0 Å². The zero-order chi connectivity index (χ0) is 19.6. The summed E-state index contributed by atoms with van der Waals surface area (Å²) in [4.78, 5) is 15.2. The van der Waals surface area contributed by atoms with Gasteiger partial charge in [-0.3, -0.25) is 4.79 Å². The number of nitrogens with zero attached hydrogens (tertiary/aromatic N) is 1. The van der Waals surface area contributed by atoms with Crippen LogP contribution in [0.5, 0.6) is 5.75 Å². The van der Waals surface area contributed by atoms with Crippen molar-refractivity contribution < 1.29 is 9.53 Å². The molecule has 2 atom stereocenters. The van der Waals surface area contributed by atoms with E-state index in [-0.39, 0.29) is 5.91 Å². The molecule has 5 heteroatoms. The Morgan fingerprint density at radius 2 is 1.85 bits per heavy atom. The Morgan fingerprint density at radius 3 is 2.52 bits per heavy atom. The van der Waals surface area contributed by atoms with Crippen LogP contribution in [-0.4, -0.2) is 25.1 Å². The van der Waals surface area contributed by atoms with Crippen molar-refractivity contribution in [1.29, 1.82) is 0 Å². The highest BCUT2D eigenvalue weighted by Crippen LogP contribution is 2.36. The van der Waals surface area contributed by atoms with E-state index < -0.39 is 0 Å². The van der Waals surface area contributed by atoms with Crippen molar-refractivity contribution in [2.24, 2.45) is 0 Å². The largest absolute Gasteiger partial charge is 0.496 e. The first-order valence-corrected chi connectivity index (χ1v) is 9.55. The molecule has 0 aliphatic carbocycles. The smallest absolute Gasteiger partial charge is 0.259 e. The predicted molar refractivity (Wildman–Crippen MR) is 112 cm³/mol. The van der Waals surface area contributed by atoms with Crippen LogP contribution in [0.3, 0.4) is 0 Å². The van der Waals surface area contributed by atoms with Gasteiger partial charge in [-0.2, -0.15) is 0 Å². The van der Waals surface area contributed by atoms with E-state index in [1.165, 1.54) is 19.3 Å². The molecule has 0 radical (unpaired) electrons. The van der Waals surface area contributed by atoms with Gasteiger partial charge in [-0.15, -0.1) is 0 Å². The number of hydrogen-bond acceptors (Lipinski definition) is 4. The molecule has 3 N–H and O–H groups in total. The number of aryl methyl sites for hydroxylation is 1. The lowest BCUT2D eigenvalue weighted by atomic mass is 9.95. The molecule has 0 aromatic heterocycles. The quantitative estimate of drug-likeness (QED) is 0.775. The first-order valence-electron chi connectivity index (χ1n) is 9.55. The summed E-state index contributed by atoms with van der Waals surface area (Å²) in [6.45, 7) is 6.60. The van der Waals surface area contributed by atoms with E-state index in [0.717, 1.165) is 11.3 Å². The number of benzene rings is 2. The van der Waals surface area contributed by atoms with Crippen molar-refractivity contribution in [2.75, 3.05) is 23.1 Å². The second kappa shape index (κ2) is 7.91. The Kier molecular flexibility index (Phi) is 5.59. The number of carbonyl (C=O) groups excluding carboxylic acids is 1. The number of hydrogen-bond donors (Lipinski definition) is 2. The number of nitrogens with one attached hydrogen (secondary N) is 1. The SMILES string of the molecule is COc1ccccc1C(=O)Nc1cc(N2[C@H](C)CCC[C@@H]2C)c(C)cc1N. The Balaban J connectivity index is 1.93. The zero-order valence-corrected chi connectivity index (χ0v) is 16.6. The highest BCUT2D eigenvalue weighted by atomic mass is 16.5. The Hall–Kier alpha value is -2.69. The summed E-state index contributed by atoms with van der Waals surface area (Å²) in [6, 6.07) is 12.1. The van der Waals surface area contributed by atoms with Gasteiger partial charge in [-0.05, 0) is 69.9 Å². The summed E-state index contributed by atoms with van der Waals surface area (Å²) in [5.74, 6) is 0.313. The van der Waals surface area contributed by atoms with E-state index in [1.54, 1.807) is 19.2 Å². The van der Waals surface area contributed by atoms with Gasteiger partial charge in [-0.1, -0.05) is 12.1 Å². The maximum Gasteiger partial charge on any atom is 0.259 e. The summed E-state index contributed by atoms with van der Waals surface area (Å²) in [7, 11) is 1.56. The number of rotatable bonds is 4. The average molecular weight is 367 g/mol. The summed E-state index contributed by atoms with van der Waals surface area (Å²) in [6.07, 6.45) is 3.61. The number of methoxy groups -OCH3 is 1. The predicted octanol–water partition coefficient (Wildman–Crippen LogP) is 4.61. The maximum absolute atomic E-state index is 12.8. The van der Waals surface area contributed by atoms with Crippen LogP contribution in [-0.2, 0) is 0 Å². The molecule has 0 unspecified atom stereocenters. The van der Waals surface area contributed by atoms with Crippen LogP contribution in [0.15, 0.2) is 36.4 Å². The standard InChI is InChI=1S/C22H29N3O2/c1-14-12-18(23)19(13-20(14)25-15(2)8-7-9-16(25)3)24-22(26)17-10-5-6-11-21(17)27-4/h5-6,10-13,15-16H,7-9,23H2,1-4H3,(H,24,26)/t15-,16+. The highest BCUT2D eigenvalue weighted by molar-refractivity contribution is 6.07. The Labute approximate surface area is 161 Å². The van der Waals surface area contributed by atoms with Crippen LogP contribution in [0.1, 0.15) is 49.0 Å². The third-order valence-electron chi connectivity index (χ3n) is 5.44. The van der Waals surface area contributed by atoms with E-state index in [0.29, 0.717) is 34.8 Å². The molecule has 2 aromatic carbocycles. The molecule has 0 bridgehead atoms. The normalized spacial score (nSPS) is 19.6. The van der Waals surface area contributed by atoms with Crippen LogP contribution in [0, 0.1) is 6.92 Å². The van der Waals surface area contributed by atoms with Gasteiger partial charge >= 0.3 is 0 Å². The van der Waals surface area contributed by atoms with E-state index in [4.69, 9.17) is 10.5 Å². The fourth-order valence-electron chi connectivity index (χ4n) is 4.02.